The van der Waals surface area contributed by atoms with Gasteiger partial charge in [-0.15, -0.1) is 0 Å². The molecular formula is C16H15FO3S. The number of Topliss-reactive ketones (excluding diaryl/α,β-unsaturated/α-hetero) is 1. The number of carbonyl (C=O) groups is 1. The fourth-order valence-corrected chi connectivity index (χ4v) is 3.82. The average Bonchev–Trinajstić information content (AvgIpc) is 2.49. The molecular weight excluding hydrogens is 291 g/mol. The van der Waals surface area contributed by atoms with E-state index in [1.54, 1.807) is 37.3 Å². The molecule has 1 atom stereocenters. The van der Waals surface area contributed by atoms with Gasteiger partial charge in [-0.25, -0.2) is 12.8 Å². The number of benzene rings is 2. The van der Waals surface area contributed by atoms with Crippen molar-refractivity contribution in [3.63, 3.8) is 0 Å². The van der Waals surface area contributed by atoms with Gasteiger partial charge in [-0.1, -0.05) is 37.3 Å². The van der Waals surface area contributed by atoms with Crippen molar-refractivity contribution in [3.8, 4) is 0 Å². The van der Waals surface area contributed by atoms with Crippen LogP contribution in [0.25, 0.3) is 0 Å². The van der Waals surface area contributed by atoms with E-state index < -0.39 is 26.7 Å². The first kappa shape index (κ1) is 15.4. The molecule has 0 saturated carbocycles. The number of halogens is 1. The lowest BCUT2D eigenvalue weighted by Gasteiger charge is -2.15. The summed E-state index contributed by atoms with van der Waals surface area (Å²) in [5, 5.41) is -1.16. The highest BCUT2D eigenvalue weighted by Crippen LogP contribution is 2.22. The molecule has 0 bridgehead atoms. The van der Waals surface area contributed by atoms with E-state index in [1.165, 1.54) is 12.1 Å². The molecule has 110 valence electrons. The van der Waals surface area contributed by atoms with Crippen molar-refractivity contribution >= 4 is 15.6 Å². The molecule has 0 N–H and O–H groups in total. The third kappa shape index (κ3) is 3.19. The van der Waals surface area contributed by atoms with Gasteiger partial charge in [0.1, 0.15) is 11.1 Å². The Bertz CT molecular complexity index is 722. The summed E-state index contributed by atoms with van der Waals surface area (Å²) < 4.78 is 38.0. The molecule has 0 heterocycles. The van der Waals surface area contributed by atoms with Gasteiger partial charge in [-0.3, -0.25) is 4.79 Å². The van der Waals surface area contributed by atoms with Crippen molar-refractivity contribution in [3.05, 3.63) is 66.0 Å². The minimum absolute atomic E-state index is 0.0416. The first-order chi connectivity index (χ1) is 9.96. The van der Waals surface area contributed by atoms with Crippen LogP contribution in [0.5, 0.6) is 0 Å². The minimum atomic E-state index is -3.83. The molecule has 0 radical (unpaired) electrons. The Hall–Kier alpha value is -2.01. The zero-order chi connectivity index (χ0) is 15.5. The summed E-state index contributed by atoms with van der Waals surface area (Å²) in [4.78, 5) is 12.4. The highest BCUT2D eigenvalue weighted by atomic mass is 32.2. The lowest BCUT2D eigenvalue weighted by atomic mass is 10.1. The third-order valence-corrected chi connectivity index (χ3v) is 5.46. The maximum atomic E-state index is 12.9. The molecule has 0 spiro atoms. The van der Waals surface area contributed by atoms with Crippen molar-refractivity contribution in [2.24, 2.45) is 0 Å². The Morgan fingerprint density at radius 2 is 1.62 bits per heavy atom. The molecule has 21 heavy (non-hydrogen) atoms. The predicted molar refractivity (Wildman–Crippen MR) is 78.4 cm³/mol. The van der Waals surface area contributed by atoms with E-state index in [1.807, 2.05) is 0 Å². The molecule has 5 heteroatoms. The SMILES string of the molecule is CCC(C(=O)c1ccccc1)S(=O)(=O)c1ccc(F)cc1. The standard InChI is InChI=1S/C16H15FO3S/c1-2-15(16(18)12-6-4-3-5-7-12)21(19,20)14-10-8-13(17)9-11-14/h3-11,15H,2H2,1H3. The lowest BCUT2D eigenvalue weighted by molar-refractivity contribution is 0.0985. The van der Waals surface area contributed by atoms with Gasteiger partial charge in [0.2, 0.25) is 0 Å². The molecule has 0 aliphatic rings. The third-order valence-electron chi connectivity index (χ3n) is 3.24. The molecule has 0 saturated heterocycles. The molecule has 2 rings (SSSR count). The fourth-order valence-electron chi connectivity index (χ4n) is 2.12. The molecule has 0 fully saturated rings. The van der Waals surface area contributed by atoms with E-state index in [4.69, 9.17) is 0 Å². The summed E-state index contributed by atoms with van der Waals surface area (Å²) in [7, 11) is -3.83. The van der Waals surface area contributed by atoms with Gasteiger partial charge >= 0.3 is 0 Å². The van der Waals surface area contributed by atoms with Crippen molar-refractivity contribution in [1.29, 1.82) is 0 Å². The Balaban J connectivity index is 2.41. The highest BCUT2D eigenvalue weighted by Gasteiger charge is 2.32. The Morgan fingerprint density at radius 1 is 1.05 bits per heavy atom. The van der Waals surface area contributed by atoms with E-state index in [9.17, 15) is 17.6 Å². The molecule has 0 amide bonds. The van der Waals surface area contributed by atoms with Gasteiger partial charge in [0.05, 0.1) is 4.90 Å². The van der Waals surface area contributed by atoms with Gasteiger partial charge in [0.25, 0.3) is 0 Å². The van der Waals surface area contributed by atoms with Crippen LogP contribution in [-0.4, -0.2) is 19.5 Å². The van der Waals surface area contributed by atoms with Gasteiger partial charge in [0, 0.05) is 5.56 Å². The monoisotopic (exact) mass is 306 g/mol. The second-order valence-electron chi connectivity index (χ2n) is 4.63. The number of hydrogen-bond donors (Lipinski definition) is 0. The van der Waals surface area contributed by atoms with Gasteiger partial charge in [-0.2, -0.15) is 0 Å². The predicted octanol–water partition coefficient (Wildman–Crippen LogP) is 3.26. The summed E-state index contributed by atoms with van der Waals surface area (Å²) in [5.74, 6) is -0.959. The number of sulfone groups is 1. The second-order valence-corrected chi connectivity index (χ2v) is 6.76. The first-order valence-electron chi connectivity index (χ1n) is 6.55. The number of carbonyl (C=O) groups excluding carboxylic acids is 1. The highest BCUT2D eigenvalue weighted by molar-refractivity contribution is 7.92. The van der Waals surface area contributed by atoms with Crippen LogP contribution in [-0.2, 0) is 9.84 Å². The molecule has 2 aromatic rings. The van der Waals surface area contributed by atoms with Gasteiger partial charge in [-0.05, 0) is 30.7 Å². The zero-order valence-electron chi connectivity index (χ0n) is 11.5. The van der Waals surface area contributed by atoms with E-state index in [0.717, 1.165) is 12.1 Å². The minimum Gasteiger partial charge on any atom is -0.293 e. The number of ketones is 1. The van der Waals surface area contributed by atoms with E-state index >= 15 is 0 Å². The maximum absolute atomic E-state index is 12.9. The molecule has 0 aliphatic heterocycles. The van der Waals surface area contributed by atoms with Gasteiger partial charge in [0.15, 0.2) is 15.6 Å². The van der Waals surface area contributed by atoms with Crippen LogP contribution in [0.2, 0.25) is 0 Å². The summed E-state index contributed by atoms with van der Waals surface area (Å²) >= 11 is 0. The fraction of sp³-hybridized carbons (Fsp3) is 0.188. The molecule has 3 nitrogen and oxygen atoms in total. The van der Waals surface area contributed by atoms with Crippen molar-refractivity contribution < 1.29 is 17.6 Å². The van der Waals surface area contributed by atoms with E-state index in [2.05, 4.69) is 0 Å². The van der Waals surface area contributed by atoms with Crippen LogP contribution in [0.3, 0.4) is 0 Å². The lowest BCUT2D eigenvalue weighted by Crippen LogP contribution is -2.30. The Kier molecular flexibility index (Phi) is 4.53. The molecule has 1 unspecified atom stereocenters. The van der Waals surface area contributed by atoms with Crippen LogP contribution in [0.4, 0.5) is 4.39 Å². The van der Waals surface area contributed by atoms with Crippen LogP contribution in [0, 0.1) is 5.82 Å². The molecule has 0 aliphatic carbocycles. The second kappa shape index (κ2) is 6.18. The summed E-state index contributed by atoms with van der Waals surface area (Å²) in [6.07, 6.45) is 0.160. The zero-order valence-corrected chi connectivity index (χ0v) is 12.3. The quantitative estimate of drug-likeness (QED) is 0.629. The van der Waals surface area contributed by atoms with Crippen LogP contribution in [0.1, 0.15) is 23.7 Å². The topological polar surface area (TPSA) is 51.2 Å². The summed E-state index contributed by atoms with van der Waals surface area (Å²) in [6, 6.07) is 12.8. The average molecular weight is 306 g/mol. The van der Waals surface area contributed by atoms with Crippen LogP contribution < -0.4 is 0 Å². The first-order valence-corrected chi connectivity index (χ1v) is 8.10. The van der Waals surface area contributed by atoms with E-state index in [-0.39, 0.29) is 11.3 Å². The number of hydrogen-bond acceptors (Lipinski definition) is 3. The summed E-state index contributed by atoms with van der Waals surface area (Å²) in [5.41, 5.74) is 0.357. The molecule has 2 aromatic carbocycles. The summed E-state index contributed by atoms with van der Waals surface area (Å²) in [6.45, 7) is 1.65. The normalized spacial score (nSPS) is 12.9. The van der Waals surface area contributed by atoms with Crippen molar-refractivity contribution in [1.82, 2.24) is 0 Å². The van der Waals surface area contributed by atoms with Gasteiger partial charge < -0.3 is 0 Å². The van der Waals surface area contributed by atoms with E-state index in [0.29, 0.717) is 5.56 Å². The maximum Gasteiger partial charge on any atom is 0.188 e. The molecule has 0 aromatic heterocycles. The van der Waals surface area contributed by atoms with Crippen LogP contribution >= 0.6 is 0 Å². The van der Waals surface area contributed by atoms with Crippen molar-refractivity contribution in [2.75, 3.05) is 0 Å². The largest absolute Gasteiger partial charge is 0.293 e. The Morgan fingerprint density at radius 3 is 2.14 bits per heavy atom. The van der Waals surface area contributed by atoms with Crippen LogP contribution in [0.15, 0.2) is 59.5 Å². The number of rotatable bonds is 5. The van der Waals surface area contributed by atoms with Crippen molar-refractivity contribution in [2.45, 2.75) is 23.5 Å². The Labute approximate surface area is 123 Å². The smallest absolute Gasteiger partial charge is 0.188 e.